The smallest absolute Gasteiger partial charge is 0.416 e. The van der Waals surface area contributed by atoms with Gasteiger partial charge in [-0.15, -0.1) is 11.8 Å². The zero-order valence-electron chi connectivity index (χ0n) is 24.4. The van der Waals surface area contributed by atoms with Gasteiger partial charge in [-0.25, -0.2) is 0 Å². The van der Waals surface area contributed by atoms with Gasteiger partial charge in [-0.3, -0.25) is 14.5 Å². The van der Waals surface area contributed by atoms with Crippen LogP contribution in [0.4, 0.5) is 18.9 Å². The second-order valence-corrected chi connectivity index (χ2v) is 12.6. The molecule has 2 aromatic carbocycles. The Morgan fingerprint density at radius 3 is 2.40 bits per heavy atom. The lowest BCUT2D eigenvalue weighted by Gasteiger charge is -2.43. The Labute approximate surface area is 255 Å². The number of anilines is 1. The highest BCUT2D eigenvalue weighted by Crippen LogP contribution is 2.42. The summed E-state index contributed by atoms with van der Waals surface area (Å²) in [5.41, 5.74) is 1.00. The average Bonchev–Trinajstić information content (AvgIpc) is 3.01. The topological polar surface area (TPSA) is 65.1 Å². The first-order valence-corrected chi connectivity index (χ1v) is 15.8. The predicted molar refractivity (Wildman–Crippen MR) is 164 cm³/mol. The molecule has 2 aromatic rings. The van der Waals surface area contributed by atoms with Crippen molar-refractivity contribution in [2.45, 2.75) is 49.6 Å². The molecule has 2 saturated heterocycles. The van der Waals surface area contributed by atoms with Crippen LogP contribution >= 0.6 is 11.8 Å². The van der Waals surface area contributed by atoms with E-state index in [0.717, 1.165) is 82.7 Å². The number of ether oxygens (including phenoxy) is 1. The molecule has 2 atom stereocenters. The number of carbonyl (C=O) groups excluding carboxylic acids is 2. The van der Waals surface area contributed by atoms with E-state index in [-0.39, 0.29) is 29.7 Å². The highest BCUT2D eigenvalue weighted by molar-refractivity contribution is 8.04. The van der Waals surface area contributed by atoms with Crippen molar-refractivity contribution in [3.63, 3.8) is 0 Å². The zero-order chi connectivity index (χ0) is 30.4. The van der Waals surface area contributed by atoms with E-state index in [9.17, 15) is 22.8 Å². The number of piperazine rings is 1. The molecule has 11 heteroatoms. The molecular weight excluding hydrogens is 577 g/mol. The zero-order valence-corrected chi connectivity index (χ0v) is 25.3. The maximum atomic E-state index is 13.5. The van der Waals surface area contributed by atoms with E-state index in [1.54, 1.807) is 18.1 Å². The van der Waals surface area contributed by atoms with E-state index in [4.69, 9.17) is 4.74 Å². The van der Waals surface area contributed by atoms with Crippen molar-refractivity contribution < 1.29 is 27.5 Å². The van der Waals surface area contributed by atoms with Gasteiger partial charge in [0.25, 0.3) is 5.91 Å². The molecule has 0 aromatic heterocycles. The number of alkyl halides is 3. The second-order valence-electron chi connectivity index (χ2n) is 11.3. The summed E-state index contributed by atoms with van der Waals surface area (Å²) in [5, 5.41) is 3.18. The summed E-state index contributed by atoms with van der Waals surface area (Å²) in [4.78, 5) is 33.4. The summed E-state index contributed by atoms with van der Waals surface area (Å²) in [6, 6.07) is 12.9. The molecule has 1 N–H and O–H groups in total. The monoisotopic (exact) mass is 616 g/mol. The minimum atomic E-state index is -4.41. The average molecular weight is 617 g/mol. The van der Waals surface area contributed by atoms with Gasteiger partial charge >= 0.3 is 6.18 Å². The fourth-order valence-corrected chi connectivity index (χ4v) is 7.52. The number of rotatable bonds is 9. The van der Waals surface area contributed by atoms with E-state index in [0.29, 0.717) is 17.0 Å². The number of hydrogen-bond donors (Lipinski definition) is 1. The molecule has 3 fully saturated rings. The third-order valence-electron chi connectivity index (χ3n) is 8.45. The summed E-state index contributed by atoms with van der Waals surface area (Å²) in [6.45, 7) is 5.22. The van der Waals surface area contributed by atoms with E-state index >= 15 is 0 Å². The Balaban J connectivity index is 1.10. The van der Waals surface area contributed by atoms with Crippen LogP contribution < -0.4 is 15.0 Å². The molecule has 3 aliphatic rings. The van der Waals surface area contributed by atoms with Crippen molar-refractivity contribution in [2.75, 3.05) is 57.8 Å². The molecule has 232 valence electrons. The van der Waals surface area contributed by atoms with Gasteiger partial charge in [0.15, 0.2) is 0 Å². The highest BCUT2D eigenvalue weighted by Gasteiger charge is 2.41. The van der Waals surface area contributed by atoms with Gasteiger partial charge in [0.1, 0.15) is 12.3 Å². The standard InChI is InChI=1S/C32H39F3N4O3S/c1-42-26-13-11-25(12-14-26)38-19-17-37(18-20-38)16-4-15-36-30(40)22-39-27-5-2-3-6-28(27)43-29(31(39)41)21-23-7-9-24(10-8-23)32(33,34)35/h7-14,21,27-28H,2-6,15-20,22H2,1H3,(H,36,40)/b29-21-. The molecular formula is C32H39F3N4O3S. The summed E-state index contributed by atoms with van der Waals surface area (Å²) >= 11 is 1.50. The Hall–Kier alpha value is -3.18. The number of fused-ring (bicyclic) bond motifs is 1. The number of benzene rings is 2. The fourth-order valence-electron chi connectivity index (χ4n) is 6.05. The Kier molecular flexibility index (Phi) is 10.2. The molecule has 2 aliphatic heterocycles. The molecule has 0 radical (unpaired) electrons. The fraction of sp³-hybridized carbons (Fsp3) is 0.500. The molecule has 2 heterocycles. The molecule has 43 heavy (non-hydrogen) atoms. The maximum absolute atomic E-state index is 13.5. The summed E-state index contributed by atoms with van der Waals surface area (Å²) in [6.07, 6.45) is 1.93. The number of nitrogens with one attached hydrogen (secondary N) is 1. The van der Waals surface area contributed by atoms with E-state index in [2.05, 4.69) is 27.2 Å². The van der Waals surface area contributed by atoms with Gasteiger partial charge in [0.05, 0.1) is 17.6 Å². The first-order chi connectivity index (χ1) is 20.7. The predicted octanol–water partition coefficient (Wildman–Crippen LogP) is 5.27. The summed E-state index contributed by atoms with van der Waals surface area (Å²) < 4.78 is 44.2. The Morgan fingerprint density at radius 1 is 1.02 bits per heavy atom. The minimum absolute atomic E-state index is 0.00849. The summed E-state index contributed by atoms with van der Waals surface area (Å²) in [7, 11) is 1.66. The minimum Gasteiger partial charge on any atom is -0.497 e. The van der Waals surface area contributed by atoms with Gasteiger partial charge in [0, 0.05) is 49.7 Å². The number of hydrogen-bond acceptors (Lipinski definition) is 6. The van der Waals surface area contributed by atoms with Crippen LogP contribution in [-0.4, -0.2) is 85.8 Å². The Morgan fingerprint density at radius 2 is 1.72 bits per heavy atom. The lowest BCUT2D eigenvalue weighted by molar-refractivity contribution is -0.137. The van der Waals surface area contributed by atoms with E-state index in [1.807, 2.05) is 12.1 Å². The van der Waals surface area contributed by atoms with Gasteiger partial charge in [-0.2, -0.15) is 13.2 Å². The molecule has 2 unspecified atom stereocenters. The van der Waals surface area contributed by atoms with Crippen molar-refractivity contribution in [1.29, 1.82) is 0 Å². The molecule has 0 spiro atoms. The molecule has 1 saturated carbocycles. The van der Waals surface area contributed by atoms with Crippen molar-refractivity contribution >= 4 is 35.3 Å². The van der Waals surface area contributed by atoms with Crippen LogP contribution in [-0.2, 0) is 15.8 Å². The number of nitrogens with zero attached hydrogens (tertiary/aromatic N) is 3. The maximum Gasteiger partial charge on any atom is 0.416 e. The van der Waals surface area contributed by atoms with E-state index in [1.165, 1.54) is 29.6 Å². The van der Waals surface area contributed by atoms with Crippen molar-refractivity contribution in [1.82, 2.24) is 15.1 Å². The third-order valence-corrected chi connectivity index (χ3v) is 9.85. The highest BCUT2D eigenvalue weighted by atomic mass is 32.2. The van der Waals surface area contributed by atoms with Gasteiger partial charge in [-0.1, -0.05) is 25.0 Å². The molecule has 5 rings (SSSR count). The second kappa shape index (κ2) is 14.1. The van der Waals surface area contributed by atoms with Gasteiger partial charge in [-0.05, 0) is 73.8 Å². The van der Waals surface area contributed by atoms with Crippen LogP contribution in [0, 0.1) is 0 Å². The number of methoxy groups -OCH3 is 1. The van der Waals surface area contributed by atoms with Crippen LogP contribution in [0.2, 0.25) is 0 Å². The van der Waals surface area contributed by atoms with Crippen molar-refractivity contribution in [3.8, 4) is 5.75 Å². The number of carbonyl (C=O) groups is 2. The van der Waals surface area contributed by atoms with Crippen LogP contribution in [0.3, 0.4) is 0 Å². The molecule has 1 aliphatic carbocycles. The van der Waals surface area contributed by atoms with Crippen molar-refractivity contribution in [3.05, 3.63) is 64.6 Å². The normalized spacial score (nSPS) is 22.4. The SMILES string of the molecule is COc1ccc(N2CCN(CCCNC(=O)CN3C(=O)/C(=C/c4ccc(C(F)(F)F)cc4)SC4CCCCC43)CC2)cc1. The van der Waals surface area contributed by atoms with Crippen LogP contribution in [0.1, 0.15) is 43.2 Å². The lowest BCUT2D eigenvalue weighted by atomic mass is 9.93. The number of halogens is 3. The van der Waals surface area contributed by atoms with Crippen molar-refractivity contribution in [2.24, 2.45) is 0 Å². The lowest BCUT2D eigenvalue weighted by Crippen LogP contribution is -2.54. The quantitative estimate of drug-likeness (QED) is 0.306. The first-order valence-electron chi connectivity index (χ1n) is 15.0. The third kappa shape index (κ3) is 8.06. The molecule has 7 nitrogen and oxygen atoms in total. The van der Waals surface area contributed by atoms with Gasteiger partial charge < -0.3 is 19.9 Å². The molecule has 0 bridgehead atoms. The first kappa shape index (κ1) is 31.3. The number of thioether (sulfide) groups is 1. The summed E-state index contributed by atoms with van der Waals surface area (Å²) in [5.74, 6) is 0.447. The van der Waals surface area contributed by atoms with Crippen LogP contribution in [0.5, 0.6) is 5.75 Å². The largest absolute Gasteiger partial charge is 0.497 e. The number of amides is 2. The molecule has 2 amide bonds. The van der Waals surface area contributed by atoms with E-state index < -0.39 is 11.7 Å². The van der Waals surface area contributed by atoms with Gasteiger partial charge in [0.2, 0.25) is 5.91 Å². The van der Waals surface area contributed by atoms with Crippen LogP contribution in [0.25, 0.3) is 6.08 Å². The van der Waals surface area contributed by atoms with Crippen LogP contribution in [0.15, 0.2) is 53.4 Å². The Bertz CT molecular complexity index is 1280.